The van der Waals surface area contributed by atoms with Gasteiger partial charge in [0.05, 0.1) is 5.54 Å². The van der Waals surface area contributed by atoms with E-state index in [0.29, 0.717) is 10.6 Å². The van der Waals surface area contributed by atoms with Crippen LogP contribution in [0.4, 0.5) is 0 Å². The quantitative estimate of drug-likeness (QED) is 0.625. The molecule has 4 heteroatoms. The average Bonchev–Trinajstić information content (AvgIpc) is 2.59. The molecule has 90 valence electrons. The zero-order valence-electron chi connectivity index (χ0n) is 9.88. The Morgan fingerprint density at radius 1 is 1.35 bits per heavy atom. The molecule has 1 heterocycles. The first-order chi connectivity index (χ1) is 7.96. The van der Waals surface area contributed by atoms with E-state index in [-0.39, 0.29) is 11.3 Å². The van der Waals surface area contributed by atoms with E-state index in [1.165, 1.54) is 0 Å². The van der Waals surface area contributed by atoms with Crippen LogP contribution in [0.1, 0.15) is 24.2 Å². The second-order valence-corrected chi connectivity index (χ2v) is 5.23. The first-order valence-electron chi connectivity index (χ1n) is 5.50. The summed E-state index contributed by atoms with van der Waals surface area (Å²) >= 11 is 5.77. The number of ketones is 1. The molecule has 1 aromatic carbocycles. The Labute approximate surface area is 106 Å². The first kappa shape index (κ1) is 12.0. The lowest BCUT2D eigenvalue weighted by molar-refractivity contribution is 0.104. The van der Waals surface area contributed by atoms with Crippen LogP contribution in [-0.2, 0) is 0 Å². The number of benzene rings is 1. The number of carbonyl (C=O) groups excluding carboxylic acids is 1. The van der Waals surface area contributed by atoms with Crippen LogP contribution in [0.5, 0.6) is 0 Å². The molecule has 0 amide bonds. The van der Waals surface area contributed by atoms with Crippen molar-refractivity contribution in [2.45, 2.75) is 19.4 Å². The van der Waals surface area contributed by atoms with Gasteiger partial charge in [0.25, 0.3) is 0 Å². The predicted molar refractivity (Wildman–Crippen MR) is 69.1 cm³/mol. The number of allylic oxidation sites excluding steroid dienone is 1. The summed E-state index contributed by atoms with van der Waals surface area (Å²) in [6, 6.07) is 6.88. The topological polar surface area (TPSA) is 41.1 Å². The lowest BCUT2D eigenvalue weighted by Crippen LogP contribution is -2.34. The molecule has 3 nitrogen and oxygen atoms in total. The highest BCUT2D eigenvalue weighted by Gasteiger charge is 2.25. The maximum absolute atomic E-state index is 11.9. The van der Waals surface area contributed by atoms with Gasteiger partial charge >= 0.3 is 0 Å². The molecule has 1 saturated heterocycles. The molecule has 17 heavy (non-hydrogen) atoms. The predicted octanol–water partition coefficient (Wildman–Crippen LogP) is 2.34. The lowest BCUT2D eigenvalue weighted by atomic mass is 10.1. The van der Waals surface area contributed by atoms with Crippen LogP contribution in [0.25, 0.3) is 0 Å². The van der Waals surface area contributed by atoms with Gasteiger partial charge in [-0.05, 0) is 38.1 Å². The summed E-state index contributed by atoms with van der Waals surface area (Å²) in [4.78, 5) is 11.9. The minimum absolute atomic E-state index is 0.00783. The minimum Gasteiger partial charge on any atom is -0.369 e. The summed E-state index contributed by atoms with van der Waals surface area (Å²) in [5.74, 6) is 0.740. The van der Waals surface area contributed by atoms with E-state index in [1.54, 1.807) is 30.3 Å². The van der Waals surface area contributed by atoms with Crippen LogP contribution in [-0.4, -0.2) is 17.9 Å². The molecule has 0 spiro atoms. The molecule has 1 aliphatic rings. The molecular weight excluding hydrogens is 236 g/mol. The van der Waals surface area contributed by atoms with E-state index >= 15 is 0 Å². The van der Waals surface area contributed by atoms with Crippen molar-refractivity contribution >= 4 is 17.4 Å². The fraction of sp³-hybridized carbons (Fsp3) is 0.308. The van der Waals surface area contributed by atoms with Crippen molar-refractivity contribution in [1.82, 2.24) is 10.6 Å². The molecule has 0 aromatic heterocycles. The van der Waals surface area contributed by atoms with E-state index in [1.807, 2.05) is 0 Å². The van der Waals surface area contributed by atoms with Crippen molar-refractivity contribution in [3.05, 3.63) is 46.7 Å². The van der Waals surface area contributed by atoms with Gasteiger partial charge in [0.15, 0.2) is 5.78 Å². The second-order valence-electron chi connectivity index (χ2n) is 4.79. The highest BCUT2D eigenvalue weighted by Crippen LogP contribution is 2.13. The number of nitrogens with one attached hydrogen (secondary N) is 2. The van der Waals surface area contributed by atoms with Gasteiger partial charge in [-0.15, -0.1) is 0 Å². The van der Waals surface area contributed by atoms with Gasteiger partial charge in [-0.1, -0.05) is 11.6 Å². The summed E-state index contributed by atoms with van der Waals surface area (Å²) in [5, 5.41) is 7.04. The molecule has 0 bridgehead atoms. The van der Waals surface area contributed by atoms with Crippen molar-refractivity contribution in [3.8, 4) is 0 Å². The van der Waals surface area contributed by atoms with E-state index in [4.69, 9.17) is 11.6 Å². The zero-order valence-corrected chi connectivity index (χ0v) is 10.6. The molecule has 1 aliphatic heterocycles. The highest BCUT2D eigenvalue weighted by molar-refractivity contribution is 6.30. The van der Waals surface area contributed by atoms with Crippen LogP contribution >= 0.6 is 11.6 Å². The van der Waals surface area contributed by atoms with Crippen molar-refractivity contribution in [2.75, 3.05) is 6.54 Å². The first-order valence-corrected chi connectivity index (χ1v) is 5.88. The Kier molecular flexibility index (Phi) is 3.11. The smallest absolute Gasteiger partial charge is 0.189 e. The van der Waals surface area contributed by atoms with Crippen LogP contribution in [0.3, 0.4) is 0 Å². The Morgan fingerprint density at radius 3 is 2.53 bits per heavy atom. The normalized spacial score (nSPS) is 19.8. The third-order valence-electron chi connectivity index (χ3n) is 2.60. The number of hydrogen-bond donors (Lipinski definition) is 2. The average molecular weight is 251 g/mol. The molecule has 0 unspecified atom stereocenters. The molecule has 0 saturated carbocycles. The fourth-order valence-electron chi connectivity index (χ4n) is 1.68. The SMILES string of the molecule is CC1(C)CNC(=CC(=O)c2ccc(Cl)cc2)N1. The summed E-state index contributed by atoms with van der Waals surface area (Å²) < 4.78 is 0. The van der Waals surface area contributed by atoms with E-state index in [2.05, 4.69) is 24.5 Å². The monoisotopic (exact) mass is 250 g/mol. The zero-order chi connectivity index (χ0) is 12.5. The van der Waals surface area contributed by atoms with Crippen LogP contribution in [0.15, 0.2) is 36.2 Å². The standard InChI is InChI=1S/C13H15ClN2O/c1-13(2)8-15-12(16-13)7-11(17)9-3-5-10(14)6-4-9/h3-7,15-16H,8H2,1-2H3. The highest BCUT2D eigenvalue weighted by atomic mass is 35.5. The van der Waals surface area contributed by atoms with Crippen LogP contribution in [0, 0.1) is 0 Å². The van der Waals surface area contributed by atoms with Crippen molar-refractivity contribution in [2.24, 2.45) is 0 Å². The van der Waals surface area contributed by atoms with Gasteiger partial charge in [0.2, 0.25) is 0 Å². The Balaban J connectivity index is 2.12. The van der Waals surface area contributed by atoms with E-state index in [9.17, 15) is 4.79 Å². The molecular formula is C13H15ClN2O. The fourth-order valence-corrected chi connectivity index (χ4v) is 1.81. The number of carbonyl (C=O) groups is 1. The Bertz CT molecular complexity index is 463. The summed E-state index contributed by atoms with van der Waals surface area (Å²) in [7, 11) is 0. The number of halogens is 1. The van der Waals surface area contributed by atoms with E-state index < -0.39 is 0 Å². The second kappa shape index (κ2) is 4.41. The molecule has 1 fully saturated rings. The van der Waals surface area contributed by atoms with Crippen molar-refractivity contribution in [3.63, 3.8) is 0 Å². The van der Waals surface area contributed by atoms with Gasteiger partial charge < -0.3 is 10.6 Å². The molecule has 0 radical (unpaired) electrons. The molecule has 0 atom stereocenters. The third kappa shape index (κ3) is 3.01. The largest absolute Gasteiger partial charge is 0.369 e. The summed E-state index contributed by atoms with van der Waals surface area (Å²) in [6.45, 7) is 4.97. The lowest BCUT2D eigenvalue weighted by Gasteiger charge is -2.15. The third-order valence-corrected chi connectivity index (χ3v) is 2.85. The van der Waals surface area contributed by atoms with Gasteiger partial charge in [-0.2, -0.15) is 0 Å². The van der Waals surface area contributed by atoms with Crippen LogP contribution < -0.4 is 10.6 Å². The molecule has 2 rings (SSSR count). The van der Waals surface area contributed by atoms with Crippen LogP contribution in [0.2, 0.25) is 5.02 Å². The summed E-state index contributed by atoms with van der Waals surface area (Å²) in [6.07, 6.45) is 1.58. The molecule has 2 N–H and O–H groups in total. The maximum Gasteiger partial charge on any atom is 0.189 e. The Hall–Kier alpha value is -1.48. The number of hydrogen-bond acceptors (Lipinski definition) is 3. The van der Waals surface area contributed by atoms with Gasteiger partial charge in [0.1, 0.15) is 5.82 Å². The van der Waals surface area contributed by atoms with Crippen molar-refractivity contribution in [1.29, 1.82) is 0 Å². The van der Waals surface area contributed by atoms with E-state index in [0.717, 1.165) is 12.4 Å². The van der Waals surface area contributed by atoms with Gasteiger partial charge in [-0.3, -0.25) is 4.79 Å². The van der Waals surface area contributed by atoms with Gasteiger partial charge in [0, 0.05) is 23.2 Å². The number of rotatable bonds is 2. The van der Waals surface area contributed by atoms with Crippen molar-refractivity contribution < 1.29 is 4.79 Å². The molecule has 0 aliphatic carbocycles. The molecule has 1 aromatic rings. The Morgan fingerprint density at radius 2 is 2.00 bits per heavy atom. The summed E-state index contributed by atoms with van der Waals surface area (Å²) in [5.41, 5.74) is 0.627. The van der Waals surface area contributed by atoms with Gasteiger partial charge in [-0.25, -0.2) is 0 Å². The minimum atomic E-state index is -0.0330. The maximum atomic E-state index is 11.9.